The lowest BCUT2D eigenvalue weighted by Gasteiger charge is -2.16. The van der Waals surface area contributed by atoms with Crippen molar-refractivity contribution >= 4 is 0 Å². The summed E-state index contributed by atoms with van der Waals surface area (Å²) in [6.07, 6.45) is 0. The third-order valence-electron chi connectivity index (χ3n) is 5.41. The van der Waals surface area contributed by atoms with Crippen LogP contribution in [0.15, 0.2) is 121 Å². The van der Waals surface area contributed by atoms with Crippen molar-refractivity contribution in [3.8, 4) is 58.1 Å². The molecule has 0 unspecified atom stereocenters. The molecule has 0 aliphatic rings. The molecule has 5 aromatic carbocycles. The molecule has 0 atom stereocenters. The second kappa shape index (κ2) is 11.3. The third kappa shape index (κ3) is 5.73. The molecule has 0 heterocycles. The first-order valence-corrected chi connectivity index (χ1v) is 11.7. The fourth-order valence-electron chi connectivity index (χ4n) is 3.54. The standard InChI is InChI=1S/C32H20N2O4/c33-21-23-13-17-25(18-14-23)35-27-7-1-3-9-29(27)37-31-11-5-6-12-32(31)38-30-10-4-2-8-28(30)36-26-19-15-24(22-34)16-20-26/h1-20H. The van der Waals surface area contributed by atoms with Gasteiger partial charge in [-0.15, -0.1) is 0 Å². The van der Waals surface area contributed by atoms with Gasteiger partial charge in [0.25, 0.3) is 0 Å². The van der Waals surface area contributed by atoms with Crippen LogP contribution in [0.2, 0.25) is 0 Å². The van der Waals surface area contributed by atoms with E-state index >= 15 is 0 Å². The van der Waals surface area contributed by atoms with Crippen molar-refractivity contribution in [2.45, 2.75) is 0 Å². The summed E-state index contributed by atoms with van der Waals surface area (Å²) in [5.41, 5.74) is 1.10. The number of nitriles is 2. The van der Waals surface area contributed by atoms with Gasteiger partial charge in [-0.25, -0.2) is 0 Å². The molecule has 5 rings (SSSR count). The van der Waals surface area contributed by atoms with E-state index in [4.69, 9.17) is 29.5 Å². The minimum Gasteiger partial charge on any atom is -0.453 e. The van der Waals surface area contributed by atoms with Crippen molar-refractivity contribution in [3.63, 3.8) is 0 Å². The molecule has 0 saturated heterocycles. The predicted octanol–water partition coefficient (Wildman–Crippen LogP) is 8.60. The Bertz CT molecular complexity index is 1510. The topological polar surface area (TPSA) is 84.5 Å². The quantitative estimate of drug-likeness (QED) is 0.214. The van der Waals surface area contributed by atoms with Crippen molar-refractivity contribution < 1.29 is 18.9 Å². The molecule has 6 heteroatoms. The summed E-state index contributed by atoms with van der Waals surface area (Å²) >= 11 is 0. The number of benzene rings is 5. The lowest BCUT2D eigenvalue weighted by molar-refractivity contribution is 0.382. The lowest BCUT2D eigenvalue weighted by atomic mass is 10.2. The molecule has 0 fully saturated rings. The summed E-state index contributed by atoms with van der Waals surface area (Å²) in [4.78, 5) is 0. The predicted molar refractivity (Wildman–Crippen MR) is 142 cm³/mol. The van der Waals surface area contributed by atoms with Gasteiger partial charge in [0.15, 0.2) is 34.5 Å². The minimum absolute atomic E-state index is 0.483. The molecular weight excluding hydrogens is 476 g/mol. The molecule has 0 amide bonds. The molecule has 182 valence electrons. The van der Waals surface area contributed by atoms with Crippen LogP contribution >= 0.6 is 0 Å². The van der Waals surface area contributed by atoms with Gasteiger partial charge in [-0.1, -0.05) is 36.4 Å². The van der Waals surface area contributed by atoms with Crippen LogP contribution in [-0.2, 0) is 0 Å². The van der Waals surface area contributed by atoms with Crippen LogP contribution < -0.4 is 18.9 Å². The Morgan fingerprint density at radius 3 is 0.868 bits per heavy atom. The summed E-state index contributed by atoms with van der Waals surface area (Å²) < 4.78 is 24.5. The smallest absolute Gasteiger partial charge is 0.170 e. The molecule has 5 aromatic rings. The van der Waals surface area contributed by atoms with E-state index in [1.54, 1.807) is 84.9 Å². The summed E-state index contributed by atoms with van der Waals surface area (Å²) in [5, 5.41) is 18.1. The number of hydrogen-bond acceptors (Lipinski definition) is 6. The van der Waals surface area contributed by atoms with Gasteiger partial charge in [-0.2, -0.15) is 10.5 Å². The fourth-order valence-corrected chi connectivity index (χ4v) is 3.54. The average Bonchev–Trinajstić information content (AvgIpc) is 2.97. The first-order valence-electron chi connectivity index (χ1n) is 11.7. The lowest BCUT2D eigenvalue weighted by Crippen LogP contribution is -1.94. The molecule has 0 aliphatic carbocycles. The van der Waals surface area contributed by atoms with Crippen LogP contribution in [0.1, 0.15) is 11.1 Å². The van der Waals surface area contributed by atoms with Crippen LogP contribution in [0, 0.1) is 22.7 Å². The van der Waals surface area contributed by atoms with E-state index in [1.165, 1.54) is 0 Å². The maximum atomic E-state index is 9.03. The first kappa shape index (κ1) is 24.0. The number of hydrogen-bond donors (Lipinski definition) is 0. The van der Waals surface area contributed by atoms with Crippen LogP contribution in [0.5, 0.6) is 46.0 Å². The highest BCUT2D eigenvalue weighted by Crippen LogP contribution is 2.41. The highest BCUT2D eigenvalue weighted by atomic mass is 16.6. The summed E-state index contributed by atoms with van der Waals surface area (Å²) in [6.45, 7) is 0. The van der Waals surface area contributed by atoms with Gasteiger partial charge in [0.2, 0.25) is 0 Å². The normalized spacial score (nSPS) is 10.1. The number of nitrogens with zero attached hydrogens (tertiary/aromatic N) is 2. The average molecular weight is 497 g/mol. The van der Waals surface area contributed by atoms with E-state index in [-0.39, 0.29) is 0 Å². The zero-order valence-corrected chi connectivity index (χ0v) is 20.1. The Labute approximate surface area is 220 Å². The Morgan fingerprint density at radius 1 is 0.342 bits per heavy atom. The molecule has 6 nitrogen and oxygen atoms in total. The molecular formula is C32H20N2O4. The fraction of sp³-hybridized carbons (Fsp3) is 0. The summed E-state index contributed by atoms with van der Waals surface area (Å²) in [6, 6.07) is 39.8. The highest BCUT2D eigenvalue weighted by molar-refractivity contribution is 5.52. The maximum Gasteiger partial charge on any atom is 0.170 e. The molecule has 0 aromatic heterocycles. The van der Waals surface area contributed by atoms with Crippen molar-refractivity contribution in [1.29, 1.82) is 10.5 Å². The third-order valence-corrected chi connectivity index (χ3v) is 5.41. The van der Waals surface area contributed by atoms with Crippen molar-refractivity contribution in [2.75, 3.05) is 0 Å². The second-order valence-corrected chi connectivity index (χ2v) is 8.02. The summed E-state index contributed by atoms with van der Waals surface area (Å²) in [5.74, 6) is 4.14. The van der Waals surface area contributed by atoms with E-state index in [0.717, 1.165) is 0 Å². The zero-order chi connectivity index (χ0) is 26.2. The van der Waals surface area contributed by atoms with Gasteiger partial charge >= 0.3 is 0 Å². The number of rotatable bonds is 8. The Morgan fingerprint density at radius 2 is 0.605 bits per heavy atom. The van der Waals surface area contributed by atoms with Gasteiger partial charge in [0.05, 0.1) is 23.3 Å². The first-order chi connectivity index (χ1) is 18.7. The maximum absolute atomic E-state index is 9.03. The molecule has 0 saturated carbocycles. The van der Waals surface area contributed by atoms with E-state index in [0.29, 0.717) is 57.1 Å². The molecule has 0 N–H and O–H groups in total. The monoisotopic (exact) mass is 496 g/mol. The van der Waals surface area contributed by atoms with E-state index in [1.807, 2.05) is 36.4 Å². The molecule has 0 spiro atoms. The summed E-state index contributed by atoms with van der Waals surface area (Å²) in [7, 11) is 0. The van der Waals surface area contributed by atoms with Crippen molar-refractivity contribution in [1.82, 2.24) is 0 Å². The zero-order valence-electron chi connectivity index (χ0n) is 20.1. The van der Waals surface area contributed by atoms with Crippen LogP contribution in [-0.4, -0.2) is 0 Å². The highest BCUT2D eigenvalue weighted by Gasteiger charge is 2.14. The van der Waals surface area contributed by atoms with Gasteiger partial charge in [-0.05, 0) is 84.9 Å². The van der Waals surface area contributed by atoms with Gasteiger partial charge in [-0.3, -0.25) is 0 Å². The van der Waals surface area contributed by atoms with E-state index in [9.17, 15) is 0 Å². The van der Waals surface area contributed by atoms with Gasteiger partial charge in [0.1, 0.15) is 11.5 Å². The van der Waals surface area contributed by atoms with Gasteiger partial charge < -0.3 is 18.9 Å². The SMILES string of the molecule is N#Cc1ccc(Oc2ccccc2Oc2ccccc2Oc2ccccc2Oc2ccc(C#N)cc2)cc1. The number of ether oxygens (including phenoxy) is 4. The molecule has 38 heavy (non-hydrogen) atoms. The van der Waals surface area contributed by atoms with Crippen LogP contribution in [0.4, 0.5) is 0 Å². The Hall–Kier alpha value is -5.72. The molecule has 0 radical (unpaired) electrons. The largest absolute Gasteiger partial charge is 0.453 e. The molecule has 0 aliphatic heterocycles. The molecule has 0 bridgehead atoms. The second-order valence-electron chi connectivity index (χ2n) is 8.02. The van der Waals surface area contributed by atoms with Crippen molar-refractivity contribution in [2.24, 2.45) is 0 Å². The van der Waals surface area contributed by atoms with Crippen LogP contribution in [0.25, 0.3) is 0 Å². The Kier molecular flexibility index (Phi) is 7.16. The van der Waals surface area contributed by atoms with Gasteiger partial charge in [0, 0.05) is 0 Å². The van der Waals surface area contributed by atoms with E-state index in [2.05, 4.69) is 12.1 Å². The van der Waals surface area contributed by atoms with Crippen molar-refractivity contribution in [3.05, 3.63) is 132 Å². The minimum atomic E-state index is 0.483. The Balaban J connectivity index is 1.38. The van der Waals surface area contributed by atoms with Crippen LogP contribution in [0.3, 0.4) is 0 Å². The number of para-hydroxylation sites is 6. The van der Waals surface area contributed by atoms with E-state index < -0.39 is 0 Å².